The molecule has 0 aromatic heterocycles. The number of hydrogen-bond donors (Lipinski definition) is 0. The Morgan fingerprint density at radius 2 is 1.64 bits per heavy atom. The highest BCUT2D eigenvalue weighted by Gasteiger charge is 2.41. The van der Waals surface area contributed by atoms with Gasteiger partial charge in [0.1, 0.15) is 17.1 Å². The van der Waals surface area contributed by atoms with Gasteiger partial charge in [-0.1, -0.05) is 72.8 Å². The minimum Gasteiger partial charge on any atom is -0.496 e. The number of benzene rings is 4. The van der Waals surface area contributed by atoms with Gasteiger partial charge in [-0.25, -0.2) is 4.79 Å². The summed E-state index contributed by atoms with van der Waals surface area (Å²) in [5.74, 6) is 1.55. The minimum absolute atomic E-state index is 0.0311. The molecule has 1 saturated heterocycles. The lowest BCUT2D eigenvalue weighted by atomic mass is 9.78. The molecule has 0 radical (unpaired) electrons. The Bertz CT molecular complexity index is 1670. The van der Waals surface area contributed by atoms with Gasteiger partial charge in [0.05, 0.1) is 59.4 Å². The Labute approximate surface area is 296 Å². The molecule has 8 heteroatoms. The maximum absolute atomic E-state index is 13.4. The highest BCUT2D eigenvalue weighted by Crippen LogP contribution is 2.37. The number of piperidine rings is 1. The molecule has 0 N–H and O–H groups in total. The van der Waals surface area contributed by atoms with Crippen LogP contribution < -0.4 is 9.47 Å². The first kappa shape index (κ1) is 36.9. The van der Waals surface area contributed by atoms with E-state index >= 15 is 0 Å². The molecule has 1 aliphatic heterocycles. The Morgan fingerprint density at radius 1 is 0.880 bits per heavy atom. The monoisotopic (exact) mass is 681 g/mol. The molecule has 5 rings (SSSR count). The largest absolute Gasteiger partial charge is 0.496 e. The number of fused-ring (bicyclic) bond motifs is 1. The molecule has 1 aliphatic rings. The first-order valence-electron chi connectivity index (χ1n) is 17.4. The maximum atomic E-state index is 13.4. The Hall–Kier alpha value is -4.37. The van der Waals surface area contributed by atoms with Crippen LogP contribution >= 0.6 is 0 Å². The molecule has 0 spiro atoms. The predicted molar refractivity (Wildman–Crippen MR) is 197 cm³/mol. The van der Waals surface area contributed by atoms with E-state index in [1.54, 1.807) is 18.1 Å². The summed E-state index contributed by atoms with van der Waals surface area (Å²) in [6.07, 6.45) is 1.85. The van der Waals surface area contributed by atoms with Crippen molar-refractivity contribution in [2.45, 2.75) is 58.0 Å². The van der Waals surface area contributed by atoms with Crippen molar-refractivity contribution in [1.82, 2.24) is 4.90 Å². The molecule has 0 bridgehead atoms. The zero-order valence-corrected chi connectivity index (χ0v) is 29.8. The first-order valence-corrected chi connectivity index (χ1v) is 17.4. The van der Waals surface area contributed by atoms with Crippen LogP contribution in [-0.4, -0.2) is 69.3 Å². The van der Waals surface area contributed by atoms with Crippen LogP contribution in [0.2, 0.25) is 0 Å². The average Bonchev–Trinajstić information content (AvgIpc) is 3.11. The Kier molecular flexibility index (Phi) is 13.3. The number of carbonyl (C=O) groups excluding carboxylic acids is 1. The van der Waals surface area contributed by atoms with Gasteiger partial charge in [-0.2, -0.15) is 0 Å². The van der Waals surface area contributed by atoms with E-state index in [4.69, 9.17) is 28.4 Å². The molecule has 0 aliphatic carbocycles. The summed E-state index contributed by atoms with van der Waals surface area (Å²) in [5.41, 5.74) is 2.60. The van der Waals surface area contributed by atoms with E-state index in [1.807, 2.05) is 69.3 Å². The van der Waals surface area contributed by atoms with Gasteiger partial charge in [-0.15, -0.1) is 6.58 Å². The van der Waals surface area contributed by atoms with Gasteiger partial charge in [-0.05, 0) is 66.9 Å². The highest BCUT2D eigenvalue weighted by atomic mass is 16.6. The molecule has 8 nitrogen and oxygen atoms in total. The van der Waals surface area contributed by atoms with Crippen LogP contribution in [-0.2, 0) is 32.2 Å². The zero-order valence-electron chi connectivity index (χ0n) is 29.8. The summed E-state index contributed by atoms with van der Waals surface area (Å²) in [4.78, 5) is 15.1. The van der Waals surface area contributed by atoms with E-state index in [0.717, 1.165) is 34.6 Å². The average molecular weight is 682 g/mol. The molecule has 1 fully saturated rings. The van der Waals surface area contributed by atoms with Crippen LogP contribution in [0.25, 0.3) is 10.8 Å². The summed E-state index contributed by atoms with van der Waals surface area (Å²) in [5, 5.41) is 2.35. The fourth-order valence-electron chi connectivity index (χ4n) is 6.36. The van der Waals surface area contributed by atoms with Gasteiger partial charge in [-0.3, -0.25) is 0 Å². The van der Waals surface area contributed by atoms with E-state index in [2.05, 4.69) is 49.0 Å². The number of ether oxygens (including phenoxy) is 6. The van der Waals surface area contributed by atoms with Gasteiger partial charge in [0.25, 0.3) is 0 Å². The molecule has 3 atom stereocenters. The van der Waals surface area contributed by atoms with Crippen molar-refractivity contribution in [2.75, 3.05) is 46.6 Å². The number of amides is 1. The maximum Gasteiger partial charge on any atom is 0.410 e. The SMILES string of the molecule is C=CCOCC1CN(C(=O)OC(C)(C)C)CC(OCc2ccc3ccccc3c2)C1c1ccc(OCCCOCc2ccccc2OC)cc1. The summed E-state index contributed by atoms with van der Waals surface area (Å²) in [6, 6.07) is 30.8. The number of hydrogen-bond acceptors (Lipinski definition) is 7. The summed E-state index contributed by atoms with van der Waals surface area (Å²) < 4.78 is 35.9. The first-order chi connectivity index (χ1) is 24.2. The van der Waals surface area contributed by atoms with Crippen molar-refractivity contribution in [3.8, 4) is 11.5 Å². The molecule has 1 amide bonds. The second-order valence-electron chi connectivity index (χ2n) is 13.7. The molecular weight excluding hydrogens is 630 g/mol. The lowest BCUT2D eigenvalue weighted by Gasteiger charge is -2.44. The molecule has 1 heterocycles. The number of likely N-dealkylation sites (tertiary alicyclic amines) is 1. The topological polar surface area (TPSA) is 75.7 Å². The second-order valence-corrected chi connectivity index (χ2v) is 13.7. The van der Waals surface area contributed by atoms with E-state index in [-0.39, 0.29) is 24.0 Å². The van der Waals surface area contributed by atoms with E-state index < -0.39 is 5.60 Å². The van der Waals surface area contributed by atoms with Crippen molar-refractivity contribution < 1.29 is 33.2 Å². The van der Waals surface area contributed by atoms with Crippen molar-refractivity contribution in [3.05, 3.63) is 120 Å². The zero-order chi connectivity index (χ0) is 35.3. The minimum atomic E-state index is -0.610. The quantitative estimate of drug-likeness (QED) is 0.0867. The van der Waals surface area contributed by atoms with Gasteiger partial charge >= 0.3 is 6.09 Å². The van der Waals surface area contributed by atoms with Crippen LogP contribution in [0.3, 0.4) is 0 Å². The smallest absolute Gasteiger partial charge is 0.410 e. The van der Waals surface area contributed by atoms with Crippen molar-refractivity contribution >= 4 is 16.9 Å². The van der Waals surface area contributed by atoms with E-state index in [9.17, 15) is 4.79 Å². The third-order valence-corrected chi connectivity index (χ3v) is 8.68. The van der Waals surface area contributed by atoms with Crippen LogP contribution in [0.15, 0.2) is 104 Å². The van der Waals surface area contributed by atoms with Crippen LogP contribution in [0, 0.1) is 5.92 Å². The van der Waals surface area contributed by atoms with Gasteiger partial charge in [0.15, 0.2) is 0 Å². The normalized spacial score (nSPS) is 17.8. The van der Waals surface area contributed by atoms with Crippen LogP contribution in [0.5, 0.6) is 11.5 Å². The Morgan fingerprint density at radius 3 is 2.40 bits per heavy atom. The third-order valence-electron chi connectivity index (χ3n) is 8.68. The van der Waals surface area contributed by atoms with Gasteiger partial charge < -0.3 is 33.3 Å². The predicted octanol–water partition coefficient (Wildman–Crippen LogP) is 8.57. The van der Waals surface area contributed by atoms with Gasteiger partial charge in [0.2, 0.25) is 0 Å². The van der Waals surface area contributed by atoms with Crippen molar-refractivity contribution in [1.29, 1.82) is 0 Å². The molecule has 266 valence electrons. The number of nitrogens with zero attached hydrogens (tertiary/aromatic N) is 1. The number of methoxy groups -OCH3 is 1. The standard InChI is InChI=1S/C42H51NO7/c1-6-22-46-30-36-26-43(41(44)50-42(2,3)4)27-39(49-28-31-16-17-32-12-7-8-13-34(32)25-31)40(36)33-18-20-37(21-19-33)48-24-11-23-47-29-35-14-9-10-15-38(35)45-5/h6-10,12-21,25,36,39-40H,1,11,22-24,26-30H2,2-5H3. The van der Waals surface area contributed by atoms with E-state index in [0.29, 0.717) is 52.7 Å². The Balaban J connectivity index is 1.27. The molecule has 50 heavy (non-hydrogen) atoms. The number of rotatable bonds is 16. The van der Waals surface area contributed by atoms with Crippen molar-refractivity contribution in [3.63, 3.8) is 0 Å². The van der Waals surface area contributed by atoms with Crippen LogP contribution in [0.1, 0.15) is 49.8 Å². The van der Waals surface area contributed by atoms with Gasteiger partial charge in [0, 0.05) is 30.4 Å². The number of para-hydroxylation sites is 1. The summed E-state index contributed by atoms with van der Waals surface area (Å²) in [7, 11) is 1.67. The second kappa shape index (κ2) is 18.0. The highest BCUT2D eigenvalue weighted by molar-refractivity contribution is 5.82. The summed E-state index contributed by atoms with van der Waals surface area (Å²) in [6.45, 7) is 13.2. The molecule has 4 aromatic carbocycles. The van der Waals surface area contributed by atoms with Crippen LogP contribution in [0.4, 0.5) is 4.79 Å². The molecule has 3 unspecified atom stereocenters. The van der Waals surface area contributed by atoms with Crippen molar-refractivity contribution in [2.24, 2.45) is 5.92 Å². The lowest BCUT2D eigenvalue weighted by molar-refractivity contribution is -0.0647. The molecule has 0 saturated carbocycles. The van der Waals surface area contributed by atoms with E-state index in [1.165, 1.54) is 10.8 Å². The molecular formula is C42H51NO7. The third kappa shape index (κ3) is 10.6. The fraction of sp³-hybridized carbons (Fsp3) is 0.405. The fourth-order valence-corrected chi connectivity index (χ4v) is 6.36. The summed E-state index contributed by atoms with van der Waals surface area (Å²) >= 11 is 0. The lowest BCUT2D eigenvalue weighted by Crippen LogP contribution is -2.53. The molecule has 4 aromatic rings. The number of carbonyl (C=O) groups is 1.